The topological polar surface area (TPSA) is 50.4 Å². The maximum atomic E-state index is 13.5. The van der Waals surface area contributed by atoms with Gasteiger partial charge in [-0.25, -0.2) is 4.39 Å². The lowest BCUT2D eigenvalue weighted by molar-refractivity contribution is -0.124. The zero-order valence-corrected chi connectivity index (χ0v) is 12.0. The molecule has 2 N–H and O–H groups in total. The molecule has 0 bridgehead atoms. The van der Waals surface area contributed by atoms with E-state index in [0.29, 0.717) is 37.2 Å². The van der Waals surface area contributed by atoms with Crippen molar-refractivity contribution in [2.45, 2.75) is 32.9 Å². The molecular weight excluding hydrogens is 259 g/mol. The highest BCUT2D eigenvalue weighted by molar-refractivity contribution is 5.76. The van der Waals surface area contributed by atoms with Gasteiger partial charge in [0, 0.05) is 19.6 Å². The number of rotatable bonds is 4. The summed E-state index contributed by atoms with van der Waals surface area (Å²) in [5.74, 6) is -0.222. The summed E-state index contributed by atoms with van der Waals surface area (Å²) in [5, 5.41) is 6.04. The Kier molecular flexibility index (Phi) is 5.09. The highest BCUT2D eigenvalue weighted by Gasteiger charge is 2.17. The van der Waals surface area contributed by atoms with Crippen LogP contribution in [0, 0.1) is 19.7 Å². The molecule has 0 radical (unpaired) electrons. The van der Waals surface area contributed by atoms with Gasteiger partial charge in [-0.1, -0.05) is 12.1 Å². The summed E-state index contributed by atoms with van der Waals surface area (Å²) in [6.07, 6.45) is 0.298. The summed E-state index contributed by atoms with van der Waals surface area (Å²) in [5.41, 5.74) is 2.13. The predicted octanol–water partition coefficient (Wildman–Crippen LogP) is 1.44. The Bertz CT molecular complexity index is 462. The number of amides is 1. The van der Waals surface area contributed by atoms with Crippen molar-refractivity contribution in [1.29, 1.82) is 0 Å². The third kappa shape index (κ3) is 4.02. The first-order valence-electron chi connectivity index (χ1n) is 6.91. The number of ether oxygens (including phenoxy) is 1. The molecule has 20 heavy (non-hydrogen) atoms. The summed E-state index contributed by atoms with van der Waals surface area (Å²) in [4.78, 5) is 11.8. The monoisotopic (exact) mass is 280 g/mol. The van der Waals surface area contributed by atoms with Crippen LogP contribution < -0.4 is 10.6 Å². The second-order valence-electron chi connectivity index (χ2n) is 5.22. The Labute approximate surface area is 118 Å². The molecule has 1 unspecified atom stereocenters. The van der Waals surface area contributed by atoms with E-state index in [0.717, 1.165) is 12.1 Å². The molecule has 4 nitrogen and oxygen atoms in total. The van der Waals surface area contributed by atoms with Gasteiger partial charge in [-0.05, 0) is 30.5 Å². The van der Waals surface area contributed by atoms with Crippen molar-refractivity contribution in [3.05, 3.63) is 34.6 Å². The zero-order valence-electron chi connectivity index (χ0n) is 12.0. The number of carbonyl (C=O) groups is 1. The van der Waals surface area contributed by atoms with Crippen LogP contribution in [0.25, 0.3) is 0 Å². The first-order valence-corrected chi connectivity index (χ1v) is 6.91. The average Bonchev–Trinajstić information content (AvgIpc) is 2.43. The number of hydrogen-bond donors (Lipinski definition) is 2. The number of benzene rings is 1. The molecule has 5 heteroatoms. The van der Waals surface area contributed by atoms with Gasteiger partial charge in [0.2, 0.25) is 5.91 Å². The van der Waals surface area contributed by atoms with Gasteiger partial charge in [0.1, 0.15) is 5.82 Å². The van der Waals surface area contributed by atoms with Gasteiger partial charge in [0.05, 0.1) is 19.1 Å². The molecule has 1 aromatic rings. The molecule has 2 rings (SSSR count). The van der Waals surface area contributed by atoms with Crippen LogP contribution in [0.1, 0.15) is 23.1 Å². The molecule has 1 aromatic carbocycles. The first kappa shape index (κ1) is 14.9. The molecule has 1 saturated heterocycles. The second kappa shape index (κ2) is 6.81. The maximum absolute atomic E-state index is 13.5. The zero-order chi connectivity index (χ0) is 14.5. The quantitative estimate of drug-likeness (QED) is 0.877. The molecule has 1 atom stereocenters. The van der Waals surface area contributed by atoms with E-state index in [1.807, 2.05) is 0 Å². The Hall–Kier alpha value is -1.46. The minimum atomic E-state index is -0.179. The molecule has 1 amide bonds. The van der Waals surface area contributed by atoms with E-state index in [1.54, 1.807) is 26.0 Å². The van der Waals surface area contributed by atoms with E-state index in [9.17, 15) is 9.18 Å². The van der Waals surface area contributed by atoms with Crippen LogP contribution in [0.15, 0.2) is 12.1 Å². The molecule has 1 aliphatic heterocycles. The first-order chi connectivity index (χ1) is 9.56. The Morgan fingerprint density at radius 1 is 1.45 bits per heavy atom. The van der Waals surface area contributed by atoms with Crippen LogP contribution in [-0.2, 0) is 16.1 Å². The minimum absolute atomic E-state index is 0.0432. The SMILES string of the molecule is Cc1cc(CNC(=O)CC2CNCCO2)cc(C)c1F. The molecule has 1 fully saturated rings. The third-order valence-electron chi connectivity index (χ3n) is 3.40. The van der Waals surface area contributed by atoms with Gasteiger partial charge < -0.3 is 15.4 Å². The standard InChI is InChI=1S/C15H21FN2O2/c1-10-5-12(6-11(2)15(10)16)8-18-14(19)7-13-9-17-3-4-20-13/h5-6,13,17H,3-4,7-9H2,1-2H3,(H,18,19). The molecular formula is C15H21FN2O2. The van der Waals surface area contributed by atoms with Crippen molar-refractivity contribution >= 4 is 5.91 Å². The number of hydrogen-bond acceptors (Lipinski definition) is 3. The summed E-state index contributed by atoms with van der Waals surface area (Å²) >= 11 is 0. The van der Waals surface area contributed by atoms with Crippen LogP contribution in [0.4, 0.5) is 4.39 Å². The minimum Gasteiger partial charge on any atom is -0.375 e. The van der Waals surface area contributed by atoms with E-state index >= 15 is 0 Å². The number of halogens is 1. The van der Waals surface area contributed by atoms with Crippen molar-refractivity contribution in [3.8, 4) is 0 Å². The van der Waals surface area contributed by atoms with Crippen molar-refractivity contribution in [2.24, 2.45) is 0 Å². The van der Waals surface area contributed by atoms with Crippen LogP contribution >= 0.6 is 0 Å². The third-order valence-corrected chi connectivity index (χ3v) is 3.40. The highest BCUT2D eigenvalue weighted by Crippen LogP contribution is 2.14. The molecule has 1 aliphatic rings. The molecule has 1 heterocycles. The fraction of sp³-hybridized carbons (Fsp3) is 0.533. The van der Waals surface area contributed by atoms with E-state index in [2.05, 4.69) is 10.6 Å². The van der Waals surface area contributed by atoms with E-state index in [-0.39, 0.29) is 17.8 Å². The Morgan fingerprint density at radius 3 is 2.75 bits per heavy atom. The summed E-state index contributed by atoms with van der Waals surface area (Å²) in [6, 6.07) is 3.53. The van der Waals surface area contributed by atoms with Crippen LogP contribution in [0.3, 0.4) is 0 Å². The van der Waals surface area contributed by atoms with Crippen LogP contribution in [-0.4, -0.2) is 31.7 Å². The Morgan fingerprint density at radius 2 is 2.15 bits per heavy atom. The highest BCUT2D eigenvalue weighted by atomic mass is 19.1. The molecule has 0 aromatic heterocycles. The molecule has 110 valence electrons. The number of nitrogens with one attached hydrogen (secondary N) is 2. The van der Waals surface area contributed by atoms with E-state index in [1.165, 1.54) is 0 Å². The van der Waals surface area contributed by atoms with Crippen LogP contribution in [0.2, 0.25) is 0 Å². The molecule has 0 aliphatic carbocycles. The van der Waals surface area contributed by atoms with Crippen molar-refractivity contribution in [1.82, 2.24) is 10.6 Å². The fourth-order valence-corrected chi connectivity index (χ4v) is 2.37. The van der Waals surface area contributed by atoms with Gasteiger partial charge >= 0.3 is 0 Å². The number of morpholine rings is 1. The Balaban J connectivity index is 1.83. The van der Waals surface area contributed by atoms with Crippen molar-refractivity contribution in [3.63, 3.8) is 0 Å². The normalized spacial score (nSPS) is 18.9. The predicted molar refractivity (Wildman–Crippen MR) is 74.9 cm³/mol. The summed E-state index contributed by atoms with van der Waals surface area (Å²) < 4.78 is 19.0. The average molecular weight is 280 g/mol. The number of aryl methyl sites for hydroxylation is 2. The van der Waals surface area contributed by atoms with Crippen LogP contribution in [0.5, 0.6) is 0 Å². The lowest BCUT2D eigenvalue weighted by Gasteiger charge is -2.23. The fourth-order valence-electron chi connectivity index (χ4n) is 2.37. The lowest BCUT2D eigenvalue weighted by atomic mass is 10.1. The largest absolute Gasteiger partial charge is 0.375 e. The van der Waals surface area contributed by atoms with Gasteiger partial charge in [-0.3, -0.25) is 4.79 Å². The van der Waals surface area contributed by atoms with E-state index in [4.69, 9.17) is 4.74 Å². The molecule has 0 spiro atoms. The van der Waals surface area contributed by atoms with Gasteiger partial charge in [0.25, 0.3) is 0 Å². The molecule has 0 saturated carbocycles. The smallest absolute Gasteiger partial charge is 0.222 e. The van der Waals surface area contributed by atoms with Crippen molar-refractivity contribution in [2.75, 3.05) is 19.7 Å². The van der Waals surface area contributed by atoms with Gasteiger partial charge in [-0.15, -0.1) is 0 Å². The van der Waals surface area contributed by atoms with Gasteiger partial charge in [0.15, 0.2) is 0 Å². The van der Waals surface area contributed by atoms with Gasteiger partial charge in [-0.2, -0.15) is 0 Å². The summed E-state index contributed by atoms with van der Waals surface area (Å²) in [6.45, 7) is 6.08. The summed E-state index contributed by atoms with van der Waals surface area (Å²) in [7, 11) is 0. The van der Waals surface area contributed by atoms with Crippen molar-refractivity contribution < 1.29 is 13.9 Å². The maximum Gasteiger partial charge on any atom is 0.222 e. The van der Waals surface area contributed by atoms with E-state index < -0.39 is 0 Å². The lowest BCUT2D eigenvalue weighted by Crippen LogP contribution is -2.41. The second-order valence-corrected chi connectivity index (χ2v) is 5.22. The number of carbonyl (C=O) groups excluding carboxylic acids is 1.